The molecule has 0 atom stereocenters. The summed E-state index contributed by atoms with van der Waals surface area (Å²) < 4.78 is 0. The van der Waals surface area contributed by atoms with Gasteiger partial charge in [-0.1, -0.05) is 60.7 Å². The lowest BCUT2D eigenvalue weighted by Crippen LogP contribution is -2.14. The molecule has 0 heterocycles. The van der Waals surface area contributed by atoms with Crippen molar-refractivity contribution in [1.82, 2.24) is 0 Å². The Balaban J connectivity index is 1.89. The van der Waals surface area contributed by atoms with E-state index in [9.17, 15) is 4.79 Å². The molecule has 0 aliphatic heterocycles. The van der Waals surface area contributed by atoms with E-state index in [2.05, 4.69) is 35.2 Å². The number of hydrogen-bond donors (Lipinski definition) is 0. The molecule has 3 aromatic carbocycles. The number of nitrogens with zero attached hydrogens (tertiary/aromatic N) is 1. The topological polar surface area (TPSA) is 20.3 Å². The lowest BCUT2D eigenvalue weighted by atomic mass is 9.81. The number of carbonyl (C=O) groups excluding carboxylic acids is 1. The van der Waals surface area contributed by atoms with Crippen LogP contribution in [0.5, 0.6) is 0 Å². The minimum atomic E-state index is 0.103. The predicted octanol–water partition coefficient (Wildman–Crippen LogP) is 4.89. The standard InChI is InChI=1S/C23H19NO/c1-24(2)17-13-11-16(12-14-17)15-22-18-7-3-5-9-20(18)23(25)21-10-6-4-8-19(21)22/h3-15H,1-2H3. The Morgan fingerprint density at radius 1 is 0.680 bits per heavy atom. The van der Waals surface area contributed by atoms with Gasteiger partial charge < -0.3 is 4.90 Å². The molecule has 0 bridgehead atoms. The number of ketones is 1. The summed E-state index contributed by atoms with van der Waals surface area (Å²) in [5.41, 5.74) is 6.95. The SMILES string of the molecule is CN(C)c1ccc(C=C2c3ccccc3C(=O)c3ccccc32)cc1. The van der Waals surface area contributed by atoms with Gasteiger partial charge in [-0.25, -0.2) is 0 Å². The van der Waals surface area contributed by atoms with E-state index in [1.807, 2.05) is 62.6 Å². The Morgan fingerprint density at radius 2 is 1.16 bits per heavy atom. The van der Waals surface area contributed by atoms with Crippen LogP contribution in [0.4, 0.5) is 5.69 Å². The first kappa shape index (κ1) is 15.4. The first-order chi connectivity index (χ1) is 12.1. The molecule has 122 valence electrons. The number of carbonyl (C=O) groups is 1. The number of fused-ring (bicyclic) bond motifs is 2. The minimum absolute atomic E-state index is 0.103. The molecule has 0 N–H and O–H groups in total. The zero-order valence-electron chi connectivity index (χ0n) is 14.4. The second kappa shape index (κ2) is 6.06. The van der Waals surface area contributed by atoms with Crippen molar-refractivity contribution in [3.63, 3.8) is 0 Å². The molecule has 0 amide bonds. The molecule has 0 saturated heterocycles. The second-order valence-electron chi connectivity index (χ2n) is 6.46. The second-order valence-corrected chi connectivity index (χ2v) is 6.46. The average molecular weight is 325 g/mol. The Hall–Kier alpha value is -3.13. The van der Waals surface area contributed by atoms with Crippen molar-refractivity contribution in [2.75, 3.05) is 19.0 Å². The van der Waals surface area contributed by atoms with Crippen LogP contribution < -0.4 is 4.90 Å². The Labute approximate surface area is 148 Å². The number of hydrogen-bond acceptors (Lipinski definition) is 2. The summed E-state index contributed by atoms with van der Waals surface area (Å²) in [6.45, 7) is 0. The quantitative estimate of drug-likeness (QED) is 0.523. The fourth-order valence-electron chi connectivity index (χ4n) is 3.31. The van der Waals surface area contributed by atoms with Crippen molar-refractivity contribution in [2.45, 2.75) is 0 Å². The number of anilines is 1. The molecular weight excluding hydrogens is 306 g/mol. The summed E-state index contributed by atoms with van der Waals surface area (Å²) in [6.07, 6.45) is 2.17. The van der Waals surface area contributed by atoms with E-state index in [4.69, 9.17) is 0 Å². The van der Waals surface area contributed by atoms with Crippen molar-refractivity contribution in [1.29, 1.82) is 0 Å². The normalized spacial score (nSPS) is 12.4. The van der Waals surface area contributed by atoms with Crippen molar-refractivity contribution in [3.05, 3.63) is 101 Å². The van der Waals surface area contributed by atoms with E-state index >= 15 is 0 Å². The highest BCUT2D eigenvalue weighted by Gasteiger charge is 2.25. The van der Waals surface area contributed by atoms with Crippen LogP contribution in [0, 0.1) is 0 Å². The van der Waals surface area contributed by atoms with Crippen molar-refractivity contribution in [2.24, 2.45) is 0 Å². The third-order valence-electron chi connectivity index (χ3n) is 4.64. The van der Waals surface area contributed by atoms with Gasteiger partial charge >= 0.3 is 0 Å². The van der Waals surface area contributed by atoms with Crippen LogP contribution in [0.25, 0.3) is 11.6 Å². The first-order valence-electron chi connectivity index (χ1n) is 8.38. The lowest BCUT2D eigenvalue weighted by Gasteiger charge is -2.21. The smallest absolute Gasteiger partial charge is 0.194 e. The zero-order valence-corrected chi connectivity index (χ0v) is 14.4. The number of rotatable bonds is 2. The third-order valence-corrected chi connectivity index (χ3v) is 4.64. The van der Waals surface area contributed by atoms with Crippen LogP contribution >= 0.6 is 0 Å². The Bertz CT molecular complexity index is 929. The van der Waals surface area contributed by atoms with Crippen LogP contribution in [-0.2, 0) is 0 Å². The molecule has 1 aliphatic rings. The average Bonchev–Trinajstić information content (AvgIpc) is 2.65. The summed E-state index contributed by atoms with van der Waals surface area (Å²) in [5, 5.41) is 0. The maximum absolute atomic E-state index is 12.8. The molecule has 0 unspecified atom stereocenters. The van der Waals surface area contributed by atoms with Crippen molar-refractivity contribution >= 4 is 23.1 Å². The molecule has 0 aromatic heterocycles. The Morgan fingerprint density at radius 3 is 1.64 bits per heavy atom. The van der Waals surface area contributed by atoms with Crippen LogP contribution in [0.3, 0.4) is 0 Å². The molecule has 0 radical (unpaired) electrons. The van der Waals surface area contributed by atoms with Crippen molar-refractivity contribution in [3.8, 4) is 0 Å². The van der Waals surface area contributed by atoms with Gasteiger partial charge in [0.15, 0.2) is 5.78 Å². The third kappa shape index (κ3) is 2.66. The van der Waals surface area contributed by atoms with Gasteiger partial charge in [-0.2, -0.15) is 0 Å². The molecule has 4 rings (SSSR count). The molecular formula is C23H19NO. The highest BCUT2D eigenvalue weighted by Crippen LogP contribution is 2.37. The molecule has 0 spiro atoms. The van der Waals surface area contributed by atoms with Gasteiger partial charge in [0.25, 0.3) is 0 Å². The van der Waals surface area contributed by atoms with Crippen molar-refractivity contribution < 1.29 is 4.79 Å². The zero-order chi connectivity index (χ0) is 17.4. The van der Waals surface area contributed by atoms with Gasteiger partial charge in [0.1, 0.15) is 0 Å². The first-order valence-corrected chi connectivity index (χ1v) is 8.38. The van der Waals surface area contributed by atoms with Crippen LogP contribution in [0.1, 0.15) is 32.6 Å². The molecule has 2 heteroatoms. The van der Waals surface area contributed by atoms with Crippen LogP contribution in [-0.4, -0.2) is 19.9 Å². The van der Waals surface area contributed by atoms with Gasteiger partial charge in [-0.05, 0) is 40.5 Å². The maximum atomic E-state index is 12.8. The summed E-state index contributed by atoms with van der Waals surface area (Å²) in [4.78, 5) is 14.9. The van der Waals surface area contributed by atoms with E-state index < -0.39 is 0 Å². The van der Waals surface area contributed by atoms with E-state index in [-0.39, 0.29) is 5.78 Å². The van der Waals surface area contributed by atoms with Gasteiger partial charge in [-0.15, -0.1) is 0 Å². The molecule has 25 heavy (non-hydrogen) atoms. The van der Waals surface area contributed by atoms with Gasteiger partial charge in [-0.3, -0.25) is 4.79 Å². The highest BCUT2D eigenvalue weighted by molar-refractivity contribution is 6.20. The highest BCUT2D eigenvalue weighted by atomic mass is 16.1. The monoisotopic (exact) mass is 325 g/mol. The Kier molecular flexibility index (Phi) is 3.73. The molecule has 3 aromatic rings. The molecule has 2 nitrogen and oxygen atoms in total. The minimum Gasteiger partial charge on any atom is -0.378 e. The summed E-state index contributed by atoms with van der Waals surface area (Å²) in [7, 11) is 4.07. The lowest BCUT2D eigenvalue weighted by molar-refractivity contribution is 0.103. The van der Waals surface area contributed by atoms with E-state index in [0.29, 0.717) is 0 Å². The molecule has 0 fully saturated rings. The molecule has 1 aliphatic carbocycles. The summed E-state index contributed by atoms with van der Waals surface area (Å²) >= 11 is 0. The largest absolute Gasteiger partial charge is 0.378 e. The number of benzene rings is 3. The fraction of sp³-hybridized carbons (Fsp3) is 0.0870. The van der Waals surface area contributed by atoms with Gasteiger partial charge in [0.05, 0.1) is 0 Å². The fourth-order valence-corrected chi connectivity index (χ4v) is 3.31. The maximum Gasteiger partial charge on any atom is 0.194 e. The molecule has 0 saturated carbocycles. The summed E-state index contributed by atoms with van der Waals surface area (Å²) in [6, 6.07) is 24.2. The van der Waals surface area contributed by atoms with Gasteiger partial charge in [0, 0.05) is 30.9 Å². The van der Waals surface area contributed by atoms with Gasteiger partial charge in [0.2, 0.25) is 0 Å². The van der Waals surface area contributed by atoms with E-state index in [1.165, 1.54) is 5.69 Å². The van der Waals surface area contributed by atoms with E-state index in [1.54, 1.807) is 0 Å². The summed E-state index contributed by atoms with van der Waals surface area (Å²) in [5.74, 6) is 0.103. The van der Waals surface area contributed by atoms with Crippen LogP contribution in [0.2, 0.25) is 0 Å². The van der Waals surface area contributed by atoms with Crippen LogP contribution in [0.15, 0.2) is 72.8 Å². The van der Waals surface area contributed by atoms with E-state index in [0.717, 1.165) is 33.4 Å². The predicted molar refractivity (Wildman–Crippen MR) is 104 cm³/mol.